The number of quaternary nitrogens is 1. The number of hydrogen-bond acceptors (Lipinski definition) is 6. The van der Waals surface area contributed by atoms with Crippen molar-refractivity contribution in [2.45, 2.75) is 238 Å². The third kappa shape index (κ3) is 44.6. The molecule has 0 aromatic heterocycles. The van der Waals surface area contributed by atoms with Gasteiger partial charge in [0.05, 0.1) is 39.9 Å². The van der Waals surface area contributed by atoms with E-state index in [0.717, 1.165) is 44.9 Å². The van der Waals surface area contributed by atoms with Gasteiger partial charge in [0.15, 0.2) is 0 Å². The lowest BCUT2D eigenvalue weighted by Crippen LogP contribution is -2.45. The van der Waals surface area contributed by atoms with Crippen molar-refractivity contribution in [3.05, 3.63) is 36.5 Å². The van der Waals surface area contributed by atoms with Crippen LogP contribution in [-0.2, 0) is 18.4 Å². The summed E-state index contributed by atoms with van der Waals surface area (Å²) >= 11 is 0. The van der Waals surface area contributed by atoms with E-state index in [9.17, 15) is 19.4 Å². The summed E-state index contributed by atoms with van der Waals surface area (Å²) in [5.74, 6) is -0.209. The van der Waals surface area contributed by atoms with Crippen molar-refractivity contribution in [1.29, 1.82) is 0 Å². The van der Waals surface area contributed by atoms with Crippen LogP contribution in [0.4, 0.5) is 0 Å². The first-order valence-electron chi connectivity index (χ1n) is 24.9. The number of aliphatic hydroxyl groups is 1. The Kier molecular flexibility index (Phi) is 41.1. The molecule has 0 bridgehead atoms. The highest BCUT2D eigenvalue weighted by Crippen LogP contribution is 2.38. The van der Waals surface area contributed by atoms with Crippen molar-refractivity contribution in [3.63, 3.8) is 0 Å². The number of allylic oxidation sites excluding steroid dienone is 5. The van der Waals surface area contributed by atoms with Crippen molar-refractivity contribution in [2.75, 3.05) is 40.9 Å². The zero-order valence-corrected chi connectivity index (χ0v) is 40.4. The van der Waals surface area contributed by atoms with Crippen LogP contribution in [0.25, 0.3) is 0 Å². The highest BCUT2D eigenvalue weighted by molar-refractivity contribution is 7.45. The molecule has 2 N–H and O–H groups in total. The lowest BCUT2D eigenvalue weighted by Gasteiger charge is -2.29. The minimum Gasteiger partial charge on any atom is -0.756 e. The molecule has 0 aromatic carbocycles. The van der Waals surface area contributed by atoms with Crippen molar-refractivity contribution in [3.8, 4) is 0 Å². The zero-order chi connectivity index (χ0) is 43.6. The SMILES string of the molecule is CCCCCC/C=C/CC/C=C/CC/C=C/C(O)C(COP(=O)([O-])OCC[N+](C)(C)C)NC(=O)CCCCCCCCCCCCCCCCCCCCCCCCC. The molecule has 348 valence electrons. The zero-order valence-electron chi connectivity index (χ0n) is 39.5. The van der Waals surface area contributed by atoms with E-state index < -0.39 is 26.6 Å². The molecular weight excluding hydrogens is 756 g/mol. The smallest absolute Gasteiger partial charge is 0.268 e. The van der Waals surface area contributed by atoms with Gasteiger partial charge in [-0.1, -0.05) is 211 Å². The minimum atomic E-state index is -4.60. The number of unbranched alkanes of at least 4 members (excludes halogenated alkanes) is 28. The maximum absolute atomic E-state index is 12.9. The molecule has 1 amide bonds. The van der Waals surface area contributed by atoms with Crippen molar-refractivity contribution < 1.29 is 32.9 Å². The summed E-state index contributed by atoms with van der Waals surface area (Å²) in [4.78, 5) is 25.3. The Labute approximate surface area is 366 Å². The van der Waals surface area contributed by atoms with Crippen LogP contribution in [0, 0.1) is 0 Å². The van der Waals surface area contributed by atoms with Crippen molar-refractivity contribution in [2.24, 2.45) is 0 Å². The monoisotopic (exact) mass is 853 g/mol. The average molecular weight is 853 g/mol. The number of phosphoric ester groups is 1. The summed E-state index contributed by atoms with van der Waals surface area (Å²) in [5, 5.41) is 13.8. The van der Waals surface area contributed by atoms with Crippen LogP contribution in [0.3, 0.4) is 0 Å². The summed E-state index contributed by atoms with van der Waals surface area (Å²) in [7, 11) is 1.24. The summed E-state index contributed by atoms with van der Waals surface area (Å²) in [5.41, 5.74) is 0. The number of nitrogens with one attached hydrogen (secondary N) is 1. The van der Waals surface area contributed by atoms with Gasteiger partial charge < -0.3 is 28.8 Å². The fourth-order valence-corrected chi connectivity index (χ4v) is 7.85. The van der Waals surface area contributed by atoms with E-state index >= 15 is 0 Å². The molecule has 0 heterocycles. The molecule has 3 unspecified atom stereocenters. The molecule has 3 atom stereocenters. The van der Waals surface area contributed by atoms with E-state index in [4.69, 9.17) is 9.05 Å². The van der Waals surface area contributed by atoms with Gasteiger partial charge in [0.1, 0.15) is 13.2 Å². The predicted octanol–water partition coefficient (Wildman–Crippen LogP) is 13.6. The Morgan fingerprint density at radius 1 is 0.576 bits per heavy atom. The van der Waals surface area contributed by atoms with Gasteiger partial charge in [-0.3, -0.25) is 9.36 Å². The van der Waals surface area contributed by atoms with Gasteiger partial charge in [-0.15, -0.1) is 0 Å². The third-order valence-electron chi connectivity index (χ3n) is 11.1. The van der Waals surface area contributed by atoms with Gasteiger partial charge in [-0.25, -0.2) is 0 Å². The van der Waals surface area contributed by atoms with Crippen LogP contribution in [-0.4, -0.2) is 68.5 Å². The topological polar surface area (TPSA) is 108 Å². The summed E-state index contributed by atoms with van der Waals surface area (Å²) < 4.78 is 23.2. The number of aliphatic hydroxyl groups excluding tert-OH is 1. The van der Waals surface area contributed by atoms with Crippen molar-refractivity contribution in [1.82, 2.24) is 5.32 Å². The number of carbonyl (C=O) groups is 1. The number of likely N-dealkylation sites (N-methyl/N-ethyl adjacent to an activating group) is 1. The number of hydrogen-bond donors (Lipinski definition) is 2. The second-order valence-electron chi connectivity index (χ2n) is 18.2. The highest BCUT2D eigenvalue weighted by atomic mass is 31.2. The van der Waals surface area contributed by atoms with E-state index in [0.29, 0.717) is 17.4 Å². The number of nitrogens with zero attached hydrogens (tertiary/aromatic N) is 1. The minimum absolute atomic E-state index is 0.00779. The first-order valence-corrected chi connectivity index (χ1v) is 26.3. The van der Waals surface area contributed by atoms with Crippen LogP contribution in [0.1, 0.15) is 226 Å². The Morgan fingerprint density at radius 2 is 0.949 bits per heavy atom. The van der Waals surface area contributed by atoms with E-state index in [2.05, 4.69) is 43.5 Å². The van der Waals surface area contributed by atoms with Gasteiger partial charge in [0, 0.05) is 6.42 Å². The predicted molar refractivity (Wildman–Crippen MR) is 251 cm³/mol. The van der Waals surface area contributed by atoms with Crippen LogP contribution in [0.2, 0.25) is 0 Å². The molecule has 59 heavy (non-hydrogen) atoms. The molecule has 0 aliphatic rings. The van der Waals surface area contributed by atoms with Gasteiger partial charge >= 0.3 is 0 Å². The molecule has 9 heteroatoms. The van der Waals surface area contributed by atoms with E-state index in [1.807, 2.05) is 27.2 Å². The number of amides is 1. The maximum atomic E-state index is 12.9. The highest BCUT2D eigenvalue weighted by Gasteiger charge is 2.23. The standard InChI is InChI=1S/C50H97N2O6P/c1-6-8-10-12-14-16-18-20-22-23-24-25-26-27-28-29-30-32-34-36-38-40-42-44-50(54)51-48(47-58-59(55,56)57-46-45-52(3,4)5)49(53)43-41-39-37-35-33-31-21-19-17-15-13-11-9-7-2/h17,19,33,35,41,43,48-49,53H,6-16,18,20-32,34,36-40,42,44-47H2,1-5H3,(H-,51,54,55,56)/b19-17+,35-33+,43-41+. The summed E-state index contributed by atoms with van der Waals surface area (Å²) in [6, 6.07) is -0.906. The van der Waals surface area contributed by atoms with Crippen LogP contribution in [0.5, 0.6) is 0 Å². The van der Waals surface area contributed by atoms with E-state index in [-0.39, 0.29) is 12.5 Å². The lowest BCUT2D eigenvalue weighted by atomic mass is 10.0. The third-order valence-corrected chi connectivity index (χ3v) is 12.0. The molecule has 0 aliphatic carbocycles. The maximum Gasteiger partial charge on any atom is 0.268 e. The molecular formula is C50H97N2O6P. The summed E-state index contributed by atoms with van der Waals surface area (Å²) in [6.07, 6.45) is 52.1. The first kappa shape index (κ1) is 57.7. The second kappa shape index (κ2) is 42.0. The number of phosphoric acid groups is 1. The first-order chi connectivity index (χ1) is 28.5. The molecule has 8 nitrogen and oxygen atoms in total. The van der Waals surface area contributed by atoms with E-state index in [1.165, 1.54) is 161 Å². The normalized spacial score (nSPS) is 14.5. The summed E-state index contributed by atoms with van der Waals surface area (Å²) in [6.45, 7) is 4.61. The molecule has 0 saturated carbocycles. The molecule has 0 rings (SSSR count). The van der Waals surface area contributed by atoms with Gasteiger partial charge in [0.25, 0.3) is 7.82 Å². The molecule has 0 fully saturated rings. The Balaban J connectivity index is 4.28. The van der Waals surface area contributed by atoms with E-state index in [1.54, 1.807) is 6.08 Å². The van der Waals surface area contributed by atoms with Crippen molar-refractivity contribution >= 4 is 13.7 Å². The quantitative estimate of drug-likeness (QED) is 0.0273. The van der Waals surface area contributed by atoms with Crippen LogP contribution in [0.15, 0.2) is 36.5 Å². The average Bonchev–Trinajstić information content (AvgIpc) is 3.19. The molecule has 0 saturated heterocycles. The van der Waals surface area contributed by atoms with Crippen LogP contribution < -0.4 is 10.2 Å². The number of carbonyl (C=O) groups excluding carboxylic acids is 1. The fraction of sp³-hybridized carbons (Fsp3) is 0.860. The Hall–Kier alpha value is -1.28. The lowest BCUT2D eigenvalue weighted by molar-refractivity contribution is -0.870. The molecule has 0 spiro atoms. The van der Waals surface area contributed by atoms with Gasteiger partial charge in [-0.2, -0.15) is 0 Å². The molecule has 0 aliphatic heterocycles. The Morgan fingerprint density at radius 3 is 1.37 bits per heavy atom. The van der Waals surface area contributed by atoms with Gasteiger partial charge in [-0.05, 0) is 44.9 Å². The number of rotatable bonds is 45. The van der Waals surface area contributed by atoms with Gasteiger partial charge in [0.2, 0.25) is 5.91 Å². The second-order valence-corrected chi connectivity index (χ2v) is 19.6. The molecule has 0 radical (unpaired) electrons. The molecule has 0 aromatic rings. The Bertz CT molecular complexity index is 1060. The fourth-order valence-electron chi connectivity index (χ4n) is 7.13. The largest absolute Gasteiger partial charge is 0.756 e. The van der Waals surface area contributed by atoms with Crippen LogP contribution >= 0.6 is 7.82 Å².